The number of sulfonamides is 1. The number of para-hydroxylation sites is 1. The van der Waals surface area contributed by atoms with Crippen molar-refractivity contribution in [3.05, 3.63) is 52.5 Å². The lowest BCUT2D eigenvalue weighted by molar-refractivity contribution is 0.337. The largest absolute Gasteiger partial charge is 0.494 e. The molecule has 0 radical (unpaired) electrons. The van der Waals surface area contributed by atoms with Gasteiger partial charge in [-0.1, -0.05) is 12.1 Å². The number of hydrogen-bond acceptors (Lipinski definition) is 3. The zero-order valence-electron chi connectivity index (χ0n) is 11.8. The average Bonchev–Trinajstić information content (AvgIpc) is 2.43. The number of anilines is 1. The van der Waals surface area contributed by atoms with E-state index in [1.54, 1.807) is 30.3 Å². The number of ether oxygens (including phenoxy) is 1. The molecule has 0 saturated carbocycles. The summed E-state index contributed by atoms with van der Waals surface area (Å²) in [5.74, 6) is 0.692. The van der Waals surface area contributed by atoms with Crippen LogP contribution in [0.4, 0.5) is 5.69 Å². The third-order valence-electron chi connectivity index (χ3n) is 2.87. The summed E-state index contributed by atoms with van der Waals surface area (Å²) in [7, 11) is -3.63. The number of nitrogens with one attached hydrogen (secondary N) is 1. The first-order chi connectivity index (χ1) is 9.94. The summed E-state index contributed by atoms with van der Waals surface area (Å²) in [6, 6.07) is 11.9. The summed E-state index contributed by atoms with van der Waals surface area (Å²) in [6.07, 6.45) is 0. The van der Waals surface area contributed by atoms with Crippen molar-refractivity contribution in [3.8, 4) is 5.75 Å². The fourth-order valence-electron chi connectivity index (χ4n) is 1.85. The fourth-order valence-corrected chi connectivity index (χ4v) is 3.53. The maximum absolute atomic E-state index is 12.4. The molecule has 0 aliphatic heterocycles. The zero-order valence-corrected chi connectivity index (χ0v) is 14.2. The van der Waals surface area contributed by atoms with Gasteiger partial charge in [-0.15, -0.1) is 0 Å². The van der Waals surface area contributed by atoms with E-state index < -0.39 is 10.0 Å². The van der Waals surface area contributed by atoms with Gasteiger partial charge >= 0.3 is 0 Å². The summed E-state index contributed by atoms with van der Waals surface area (Å²) in [5.41, 5.74) is 1.29. The highest BCUT2D eigenvalue weighted by atomic mass is 79.9. The molecule has 4 nitrogen and oxygen atoms in total. The molecular weight excluding hydrogens is 354 g/mol. The summed E-state index contributed by atoms with van der Waals surface area (Å²) >= 11 is 3.32. The maximum Gasteiger partial charge on any atom is 0.261 e. The molecule has 112 valence electrons. The van der Waals surface area contributed by atoms with E-state index in [1.807, 2.05) is 19.9 Å². The van der Waals surface area contributed by atoms with Crippen LogP contribution in [0.2, 0.25) is 0 Å². The molecule has 0 aliphatic carbocycles. The third kappa shape index (κ3) is 3.77. The molecule has 0 spiro atoms. The van der Waals surface area contributed by atoms with Crippen LogP contribution in [0.5, 0.6) is 5.75 Å². The van der Waals surface area contributed by atoms with E-state index in [2.05, 4.69) is 20.7 Å². The van der Waals surface area contributed by atoms with Crippen molar-refractivity contribution in [2.75, 3.05) is 11.3 Å². The van der Waals surface area contributed by atoms with E-state index in [0.717, 1.165) is 5.56 Å². The number of hydrogen-bond donors (Lipinski definition) is 1. The van der Waals surface area contributed by atoms with Crippen molar-refractivity contribution in [2.24, 2.45) is 0 Å². The second-order valence-corrected chi connectivity index (χ2v) is 6.98. The predicted molar refractivity (Wildman–Crippen MR) is 87.3 cm³/mol. The highest BCUT2D eigenvalue weighted by molar-refractivity contribution is 9.10. The predicted octanol–water partition coefficient (Wildman–Crippen LogP) is 3.96. The summed E-state index contributed by atoms with van der Waals surface area (Å²) < 4.78 is 33.5. The Bertz CT molecular complexity index is 744. The molecule has 2 aromatic rings. The van der Waals surface area contributed by atoms with E-state index in [-0.39, 0.29) is 4.90 Å². The highest BCUT2D eigenvalue weighted by Gasteiger charge is 2.16. The molecule has 0 amide bonds. The quantitative estimate of drug-likeness (QED) is 0.867. The van der Waals surface area contributed by atoms with Crippen molar-refractivity contribution >= 4 is 31.6 Å². The van der Waals surface area contributed by atoms with Gasteiger partial charge in [-0.05, 0) is 65.7 Å². The Balaban J connectivity index is 2.32. The van der Waals surface area contributed by atoms with Crippen LogP contribution in [0.3, 0.4) is 0 Å². The van der Waals surface area contributed by atoms with Crippen LogP contribution in [0.15, 0.2) is 51.8 Å². The first-order valence-corrected chi connectivity index (χ1v) is 8.72. The Morgan fingerprint density at radius 2 is 1.90 bits per heavy atom. The Hall–Kier alpha value is -1.53. The number of benzene rings is 2. The van der Waals surface area contributed by atoms with Gasteiger partial charge < -0.3 is 4.74 Å². The van der Waals surface area contributed by atoms with Crippen LogP contribution in [0.1, 0.15) is 12.5 Å². The van der Waals surface area contributed by atoms with Gasteiger partial charge in [-0.2, -0.15) is 0 Å². The second kappa shape index (κ2) is 6.49. The van der Waals surface area contributed by atoms with E-state index in [1.165, 1.54) is 6.07 Å². The van der Waals surface area contributed by atoms with Crippen LogP contribution in [-0.2, 0) is 10.0 Å². The lowest BCUT2D eigenvalue weighted by atomic mass is 10.2. The van der Waals surface area contributed by atoms with Crippen LogP contribution in [0, 0.1) is 6.92 Å². The van der Waals surface area contributed by atoms with Crippen molar-refractivity contribution in [1.29, 1.82) is 0 Å². The molecule has 0 heterocycles. The summed E-state index contributed by atoms with van der Waals surface area (Å²) in [6.45, 7) is 4.25. The molecule has 0 bridgehead atoms. The number of halogens is 1. The normalized spacial score (nSPS) is 11.2. The molecular formula is C15H16BrNO3S. The van der Waals surface area contributed by atoms with Gasteiger partial charge in [0.05, 0.1) is 17.2 Å². The lowest BCUT2D eigenvalue weighted by Gasteiger charge is -2.12. The monoisotopic (exact) mass is 369 g/mol. The molecule has 0 unspecified atom stereocenters. The van der Waals surface area contributed by atoms with E-state index in [0.29, 0.717) is 22.5 Å². The number of aryl methyl sites for hydroxylation is 1. The summed E-state index contributed by atoms with van der Waals surface area (Å²) in [5, 5.41) is 0. The molecule has 0 aliphatic rings. The van der Waals surface area contributed by atoms with E-state index >= 15 is 0 Å². The third-order valence-corrected chi connectivity index (χ3v) is 4.93. The Labute approximate surface area is 133 Å². The van der Waals surface area contributed by atoms with Crippen LogP contribution < -0.4 is 9.46 Å². The van der Waals surface area contributed by atoms with Gasteiger partial charge in [0.1, 0.15) is 5.75 Å². The zero-order chi connectivity index (χ0) is 15.5. The molecule has 2 aromatic carbocycles. The van der Waals surface area contributed by atoms with Crippen LogP contribution in [-0.4, -0.2) is 15.0 Å². The van der Waals surface area contributed by atoms with Crippen molar-refractivity contribution < 1.29 is 13.2 Å². The molecule has 0 saturated heterocycles. The Kier molecular flexibility index (Phi) is 4.90. The van der Waals surface area contributed by atoms with Gasteiger partial charge in [-0.3, -0.25) is 4.72 Å². The molecule has 0 atom stereocenters. The first-order valence-electron chi connectivity index (χ1n) is 6.45. The average molecular weight is 370 g/mol. The fraction of sp³-hybridized carbons (Fsp3) is 0.200. The highest BCUT2D eigenvalue weighted by Crippen LogP contribution is 2.26. The number of rotatable bonds is 5. The van der Waals surface area contributed by atoms with Crippen LogP contribution in [0.25, 0.3) is 0 Å². The minimum atomic E-state index is -3.63. The van der Waals surface area contributed by atoms with Gasteiger partial charge in [0.25, 0.3) is 10.0 Å². The first kappa shape index (κ1) is 15.9. The van der Waals surface area contributed by atoms with E-state index in [4.69, 9.17) is 4.74 Å². The maximum atomic E-state index is 12.4. The lowest BCUT2D eigenvalue weighted by Crippen LogP contribution is -2.13. The topological polar surface area (TPSA) is 55.4 Å². The van der Waals surface area contributed by atoms with Crippen molar-refractivity contribution in [3.63, 3.8) is 0 Å². The van der Waals surface area contributed by atoms with Crippen molar-refractivity contribution in [2.45, 2.75) is 18.7 Å². The molecule has 1 N–H and O–H groups in total. The van der Waals surface area contributed by atoms with Crippen LogP contribution >= 0.6 is 15.9 Å². The smallest absolute Gasteiger partial charge is 0.261 e. The van der Waals surface area contributed by atoms with Gasteiger partial charge in [-0.25, -0.2) is 8.42 Å². The van der Waals surface area contributed by atoms with E-state index in [9.17, 15) is 8.42 Å². The molecule has 2 rings (SSSR count). The minimum absolute atomic E-state index is 0.208. The summed E-state index contributed by atoms with van der Waals surface area (Å²) in [4.78, 5) is 0.208. The van der Waals surface area contributed by atoms with Gasteiger partial charge in [0.15, 0.2) is 0 Å². The molecule has 6 heteroatoms. The molecule has 21 heavy (non-hydrogen) atoms. The minimum Gasteiger partial charge on any atom is -0.494 e. The van der Waals surface area contributed by atoms with Crippen molar-refractivity contribution in [1.82, 2.24) is 0 Å². The standard InChI is InChI=1S/C15H16BrNO3S/c1-3-20-15-9-8-12(10-11(15)2)21(18,19)17-14-7-5-4-6-13(14)16/h4-10,17H,3H2,1-2H3. The van der Waals surface area contributed by atoms with Gasteiger partial charge in [0.2, 0.25) is 0 Å². The SMILES string of the molecule is CCOc1ccc(S(=O)(=O)Nc2ccccc2Br)cc1C. The van der Waals surface area contributed by atoms with Gasteiger partial charge in [0, 0.05) is 4.47 Å². The molecule has 0 fully saturated rings. The molecule has 0 aromatic heterocycles. The second-order valence-electron chi connectivity index (χ2n) is 4.45. The Morgan fingerprint density at radius 1 is 1.19 bits per heavy atom. The Morgan fingerprint density at radius 3 is 2.52 bits per heavy atom.